The highest BCUT2D eigenvalue weighted by atomic mass is 32.2. The van der Waals surface area contributed by atoms with Gasteiger partial charge < -0.3 is 10.1 Å². The first-order valence-electron chi connectivity index (χ1n) is 10.3. The Labute approximate surface area is 194 Å². The molecule has 1 fully saturated rings. The number of nitrogens with zero attached hydrogens (tertiary/aromatic N) is 3. The largest absolute Gasteiger partial charge is 0.435 e. The Bertz CT molecular complexity index is 1250. The number of sulfonamides is 1. The molecule has 4 rings (SSSR count). The van der Waals surface area contributed by atoms with Gasteiger partial charge >= 0.3 is 6.18 Å². The number of alkyl halides is 3. The van der Waals surface area contributed by atoms with E-state index in [1.54, 1.807) is 12.1 Å². The highest BCUT2D eigenvalue weighted by Crippen LogP contribution is 2.28. The van der Waals surface area contributed by atoms with Gasteiger partial charge in [-0.3, -0.25) is 4.79 Å². The topological polar surface area (TPSA) is 93.5 Å². The molecule has 0 unspecified atom stereocenters. The lowest BCUT2D eigenvalue weighted by Gasteiger charge is -2.26. The average molecular weight is 494 g/mol. The van der Waals surface area contributed by atoms with Crippen molar-refractivity contribution in [1.82, 2.24) is 19.4 Å². The van der Waals surface area contributed by atoms with Crippen LogP contribution in [-0.4, -0.2) is 54.7 Å². The summed E-state index contributed by atoms with van der Waals surface area (Å²) in [5, 5.41) is 6.23. The summed E-state index contributed by atoms with van der Waals surface area (Å²) in [6, 6.07) is 13.1. The summed E-state index contributed by atoms with van der Waals surface area (Å²) in [6.45, 7) is 1.51. The van der Waals surface area contributed by atoms with Crippen LogP contribution in [0.15, 0.2) is 65.7 Å². The van der Waals surface area contributed by atoms with Crippen LogP contribution in [0.5, 0.6) is 0 Å². The van der Waals surface area contributed by atoms with Gasteiger partial charge in [-0.25, -0.2) is 13.1 Å². The maximum absolute atomic E-state index is 12.7. The minimum atomic E-state index is -4.53. The predicted octanol–water partition coefficient (Wildman–Crippen LogP) is 2.84. The lowest BCUT2D eigenvalue weighted by Crippen LogP contribution is -2.40. The summed E-state index contributed by atoms with van der Waals surface area (Å²) >= 11 is 0. The van der Waals surface area contributed by atoms with Crippen LogP contribution in [0.25, 0.3) is 5.69 Å². The molecular weight excluding hydrogens is 473 g/mol. The SMILES string of the molecule is O=C(NCc1ccc(S(=O)(=O)N2CCOCC2)cc1)c1ccc(-n2ccc(C(F)(F)F)n2)cc1. The molecule has 0 saturated carbocycles. The van der Waals surface area contributed by atoms with Crippen LogP contribution in [0.2, 0.25) is 0 Å². The van der Waals surface area contributed by atoms with Crippen LogP contribution in [0, 0.1) is 0 Å². The van der Waals surface area contributed by atoms with E-state index in [4.69, 9.17) is 4.74 Å². The van der Waals surface area contributed by atoms with E-state index in [0.717, 1.165) is 10.7 Å². The zero-order chi connectivity index (χ0) is 24.3. The molecule has 1 N–H and O–H groups in total. The fourth-order valence-corrected chi connectivity index (χ4v) is 4.79. The third-order valence-corrected chi connectivity index (χ3v) is 7.17. The Morgan fingerprint density at radius 1 is 1.00 bits per heavy atom. The number of hydrogen-bond acceptors (Lipinski definition) is 5. The fraction of sp³-hybridized carbons (Fsp3) is 0.273. The molecule has 2 aromatic carbocycles. The molecule has 34 heavy (non-hydrogen) atoms. The second-order valence-electron chi connectivity index (χ2n) is 7.53. The van der Waals surface area contributed by atoms with Gasteiger partial charge in [0, 0.05) is 31.4 Å². The first-order chi connectivity index (χ1) is 16.1. The second kappa shape index (κ2) is 9.57. The average Bonchev–Trinajstić information content (AvgIpc) is 3.35. The molecule has 1 aliphatic heterocycles. The van der Waals surface area contributed by atoms with Crippen LogP contribution >= 0.6 is 0 Å². The summed E-state index contributed by atoms with van der Waals surface area (Å²) in [4.78, 5) is 12.6. The van der Waals surface area contributed by atoms with Crippen molar-refractivity contribution in [3.63, 3.8) is 0 Å². The molecule has 0 aliphatic carbocycles. The molecule has 1 amide bonds. The second-order valence-corrected chi connectivity index (χ2v) is 9.47. The van der Waals surface area contributed by atoms with E-state index in [2.05, 4.69) is 10.4 Å². The summed E-state index contributed by atoms with van der Waals surface area (Å²) in [7, 11) is -3.59. The molecule has 0 radical (unpaired) electrons. The zero-order valence-electron chi connectivity index (χ0n) is 17.8. The third kappa shape index (κ3) is 5.29. The number of aromatic nitrogens is 2. The molecule has 0 bridgehead atoms. The molecule has 1 saturated heterocycles. The van der Waals surface area contributed by atoms with Gasteiger partial charge in [0.2, 0.25) is 10.0 Å². The molecule has 2 heterocycles. The highest BCUT2D eigenvalue weighted by molar-refractivity contribution is 7.89. The predicted molar refractivity (Wildman–Crippen MR) is 116 cm³/mol. The molecule has 1 aromatic heterocycles. The van der Waals surface area contributed by atoms with Crippen LogP contribution in [0.3, 0.4) is 0 Å². The Hall–Kier alpha value is -3.22. The minimum absolute atomic E-state index is 0.173. The smallest absolute Gasteiger partial charge is 0.379 e. The van der Waals surface area contributed by atoms with E-state index < -0.39 is 21.9 Å². The molecule has 8 nitrogen and oxygen atoms in total. The van der Waals surface area contributed by atoms with Crippen LogP contribution in [0.1, 0.15) is 21.6 Å². The van der Waals surface area contributed by atoms with E-state index in [1.165, 1.54) is 46.9 Å². The van der Waals surface area contributed by atoms with Gasteiger partial charge in [0.05, 0.1) is 23.8 Å². The van der Waals surface area contributed by atoms with Crippen molar-refractivity contribution in [3.05, 3.63) is 77.6 Å². The number of nitrogens with one attached hydrogen (secondary N) is 1. The van der Waals surface area contributed by atoms with Crippen LogP contribution < -0.4 is 5.32 Å². The minimum Gasteiger partial charge on any atom is -0.379 e. The third-order valence-electron chi connectivity index (χ3n) is 5.26. The van der Waals surface area contributed by atoms with E-state index in [0.29, 0.717) is 43.1 Å². The monoisotopic (exact) mass is 494 g/mol. The van der Waals surface area contributed by atoms with E-state index in [9.17, 15) is 26.4 Å². The van der Waals surface area contributed by atoms with Gasteiger partial charge in [0.1, 0.15) is 0 Å². The Morgan fingerprint density at radius 2 is 1.65 bits per heavy atom. The number of carbonyl (C=O) groups excluding carboxylic acids is 1. The number of morpholine rings is 1. The maximum Gasteiger partial charge on any atom is 0.435 e. The highest BCUT2D eigenvalue weighted by Gasteiger charge is 2.33. The van der Waals surface area contributed by atoms with Crippen molar-refractivity contribution >= 4 is 15.9 Å². The van der Waals surface area contributed by atoms with Crippen molar-refractivity contribution in [1.29, 1.82) is 0 Å². The number of carbonyl (C=O) groups is 1. The van der Waals surface area contributed by atoms with E-state index in [1.807, 2.05) is 0 Å². The molecule has 3 aromatic rings. The van der Waals surface area contributed by atoms with Gasteiger partial charge in [0.25, 0.3) is 5.91 Å². The first-order valence-corrected chi connectivity index (χ1v) is 11.8. The number of benzene rings is 2. The Morgan fingerprint density at radius 3 is 2.24 bits per heavy atom. The van der Waals surface area contributed by atoms with Crippen molar-refractivity contribution in [3.8, 4) is 5.69 Å². The number of rotatable bonds is 6. The molecule has 0 atom stereocenters. The fourth-order valence-electron chi connectivity index (χ4n) is 3.38. The zero-order valence-corrected chi connectivity index (χ0v) is 18.6. The van der Waals surface area contributed by atoms with Crippen molar-refractivity contribution < 1.29 is 31.1 Å². The molecule has 0 spiro atoms. The Balaban J connectivity index is 1.36. The number of amides is 1. The summed E-state index contributed by atoms with van der Waals surface area (Å²) in [6.07, 6.45) is -3.34. The van der Waals surface area contributed by atoms with Crippen molar-refractivity contribution in [2.24, 2.45) is 0 Å². The molecule has 12 heteroatoms. The maximum atomic E-state index is 12.7. The molecule has 1 aliphatic rings. The van der Waals surface area contributed by atoms with Crippen molar-refractivity contribution in [2.45, 2.75) is 17.6 Å². The normalized spacial score (nSPS) is 15.3. The van der Waals surface area contributed by atoms with Gasteiger partial charge in [-0.1, -0.05) is 12.1 Å². The van der Waals surface area contributed by atoms with Crippen molar-refractivity contribution in [2.75, 3.05) is 26.3 Å². The van der Waals surface area contributed by atoms with Crippen LogP contribution in [0.4, 0.5) is 13.2 Å². The summed E-state index contributed by atoms with van der Waals surface area (Å²) in [5.41, 5.74) is 0.405. The quantitative estimate of drug-likeness (QED) is 0.569. The Kier molecular flexibility index (Phi) is 6.73. The van der Waals surface area contributed by atoms with Gasteiger partial charge in [-0.05, 0) is 48.0 Å². The van der Waals surface area contributed by atoms with E-state index in [-0.39, 0.29) is 17.3 Å². The van der Waals surface area contributed by atoms with E-state index >= 15 is 0 Å². The van der Waals surface area contributed by atoms with Gasteiger partial charge in [-0.2, -0.15) is 22.6 Å². The number of ether oxygens (including phenoxy) is 1. The lowest BCUT2D eigenvalue weighted by atomic mass is 10.2. The summed E-state index contributed by atoms with van der Waals surface area (Å²) < 4.78 is 71.1. The first kappa shape index (κ1) is 23.9. The molecule has 180 valence electrons. The van der Waals surface area contributed by atoms with Gasteiger partial charge in [0.15, 0.2) is 5.69 Å². The molecular formula is C22H21F3N4O4S. The number of halogens is 3. The number of hydrogen-bond donors (Lipinski definition) is 1. The lowest BCUT2D eigenvalue weighted by molar-refractivity contribution is -0.141. The summed E-state index contributed by atoms with van der Waals surface area (Å²) in [5.74, 6) is -0.381. The van der Waals surface area contributed by atoms with Crippen LogP contribution in [-0.2, 0) is 27.5 Å². The standard InChI is InChI=1S/C22H21F3N4O4S/c23-22(24,25)20-9-10-29(27-20)18-5-3-17(4-6-18)21(30)26-15-16-1-7-19(8-2-16)34(31,32)28-11-13-33-14-12-28/h1-10H,11-15H2,(H,26,30). The van der Waals surface area contributed by atoms with Gasteiger partial charge in [-0.15, -0.1) is 0 Å².